The summed E-state index contributed by atoms with van der Waals surface area (Å²) in [5.74, 6) is 2.23. The van der Waals surface area contributed by atoms with Crippen LogP contribution in [0.25, 0.3) is 11.1 Å². The van der Waals surface area contributed by atoms with Gasteiger partial charge in [0.05, 0.1) is 14.2 Å². The minimum Gasteiger partial charge on any atom is -0.497 e. The molecule has 166 valence electrons. The molecule has 0 spiro atoms. The summed E-state index contributed by atoms with van der Waals surface area (Å²) in [5, 5.41) is 0. The van der Waals surface area contributed by atoms with Crippen molar-refractivity contribution in [2.75, 3.05) is 34.4 Å². The van der Waals surface area contributed by atoms with Crippen molar-refractivity contribution in [3.05, 3.63) is 77.9 Å². The number of likely N-dealkylation sites (tertiary alicyclic amines) is 1. The number of ether oxygens (including phenoxy) is 3. The first-order valence-electron chi connectivity index (χ1n) is 10.9. The van der Waals surface area contributed by atoms with Gasteiger partial charge >= 0.3 is 0 Å². The molecule has 1 heterocycles. The van der Waals surface area contributed by atoms with Crippen molar-refractivity contribution in [2.45, 2.75) is 18.9 Å². The Balaban J connectivity index is 1.58. The molecular weight excluding hydrogens is 402 g/mol. The summed E-state index contributed by atoms with van der Waals surface area (Å²) in [6.45, 7) is 2.05. The van der Waals surface area contributed by atoms with E-state index in [1.807, 2.05) is 66.7 Å². The molecule has 1 aliphatic heterocycles. The van der Waals surface area contributed by atoms with E-state index < -0.39 is 0 Å². The van der Waals surface area contributed by atoms with Gasteiger partial charge in [-0.15, -0.1) is 0 Å². The fraction of sp³-hybridized carbons (Fsp3) is 0.296. The minimum absolute atomic E-state index is 0.0394. The van der Waals surface area contributed by atoms with E-state index >= 15 is 0 Å². The van der Waals surface area contributed by atoms with Crippen LogP contribution in [0.1, 0.15) is 28.8 Å². The van der Waals surface area contributed by atoms with Crippen molar-refractivity contribution in [2.24, 2.45) is 0 Å². The van der Waals surface area contributed by atoms with Gasteiger partial charge in [0.2, 0.25) is 0 Å². The Morgan fingerprint density at radius 3 is 2.19 bits per heavy atom. The molecule has 0 aliphatic carbocycles. The van der Waals surface area contributed by atoms with Gasteiger partial charge in [-0.25, -0.2) is 0 Å². The molecule has 4 rings (SSSR count). The molecule has 1 atom stereocenters. The molecule has 1 fully saturated rings. The molecule has 0 N–H and O–H groups in total. The molecule has 0 amide bonds. The van der Waals surface area contributed by atoms with Crippen LogP contribution in [-0.2, 0) is 0 Å². The van der Waals surface area contributed by atoms with Crippen LogP contribution in [0.15, 0.2) is 66.7 Å². The second-order valence-corrected chi connectivity index (χ2v) is 8.14. The lowest BCUT2D eigenvalue weighted by atomic mass is 9.93. The van der Waals surface area contributed by atoms with Gasteiger partial charge < -0.3 is 19.1 Å². The maximum absolute atomic E-state index is 13.4. The summed E-state index contributed by atoms with van der Waals surface area (Å²) in [7, 11) is 5.37. The molecule has 5 heteroatoms. The molecule has 0 aromatic heterocycles. The lowest BCUT2D eigenvalue weighted by molar-refractivity contribution is 0.103. The van der Waals surface area contributed by atoms with Crippen molar-refractivity contribution in [3.63, 3.8) is 0 Å². The Hall–Kier alpha value is -3.31. The van der Waals surface area contributed by atoms with Crippen LogP contribution in [0.5, 0.6) is 17.2 Å². The third kappa shape index (κ3) is 4.94. The zero-order chi connectivity index (χ0) is 22.5. The average Bonchev–Trinajstić information content (AvgIpc) is 2.84. The fourth-order valence-corrected chi connectivity index (χ4v) is 4.11. The smallest absolute Gasteiger partial charge is 0.193 e. The van der Waals surface area contributed by atoms with E-state index in [0.717, 1.165) is 48.6 Å². The first-order chi connectivity index (χ1) is 15.6. The van der Waals surface area contributed by atoms with Crippen LogP contribution in [0.3, 0.4) is 0 Å². The number of ketones is 1. The molecule has 5 nitrogen and oxygen atoms in total. The predicted octanol–water partition coefficient (Wildman–Crippen LogP) is 5.07. The number of hydrogen-bond acceptors (Lipinski definition) is 5. The second kappa shape index (κ2) is 9.88. The predicted molar refractivity (Wildman–Crippen MR) is 126 cm³/mol. The number of hydrogen-bond donors (Lipinski definition) is 0. The first kappa shape index (κ1) is 21.9. The van der Waals surface area contributed by atoms with Crippen molar-refractivity contribution < 1.29 is 19.0 Å². The summed E-state index contributed by atoms with van der Waals surface area (Å²) in [5.41, 5.74) is 2.99. The SMILES string of the molecule is COc1ccc(-c2cc(OC)ccc2C(=O)c2ccc(OC3CCCN(C)C3)cc2)cc1. The summed E-state index contributed by atoms with van der Waals surface area (Å²) in [6.07, 6.45) is 2.39. The largest absolute Gasteiger partial charge is 0.497 e. The van der Waals surface area contributed by atoms with E-state index in [1.54, 1.807) is 14.2 Å². The molecule has 1 unspecified atom stereocenters. The lowest BCUT2D eigenvalue weighted by Gasteiger charge is -2.30. The number of methoxy groups -OCH3 is 2. The molecule has 0 bridgehead atoms. The van der Waals surface area contributed by atoms with Gasteiger partial charge in [0.1, 0.15) is 23.4 Å². The van der Waals surface area contributed by atoms with Crippen LogP contribution in [-0.4, -0.2) is 51.1 Å². The third-order valence-electron chi connectivity index (χ3n) is 5.87. The summed E-state index contributed by atoms with van der Waals surface area (Å²) < 4.78 is 16.8. The highest BCUT2D eigenvalue weighted by Crippen LogP contribution is 2.31. The quantitative estimate of drug-likeness (QED) is 0.489. The number of rotatable bonds is 7. The topological polar surface area (TPSA) is 48.0 Å². The van der Waals surface area contributed by atoms with E-state index in [1.165, 1.54) is 0 Å². The van der Waals surface area contributed by atoms with E-state index in [9.17, 15) is 4.79 Å². The van der Waals surface area contributed by atoms with Crippen LogP contribution < -0.4 is 14.2 Å². The second-order valence-electron chi connectivity index (χ2n) is 8.14. The standard InChI is InChI=1S/C27H29NO4/c1-28-16-4-5-24(18-28)32-22-12-8-20(9-13-22)27(29)25-15-14-23(31-3)17-26(25)19-6-10-21(30-2)11-7-19/h6-15,17,24H,4-5,16,18H2,1-3H3. The van der Waals surface area contributed by atoms with Gasteiger partial charge in [0, 0.05) is 17.7 Å². The molecule has 1 aliphatic rings. The number of nitrogens with zero attached hydrogens (tertiary/aromatic N) is 1. The molecule has 0 radical (unpaired) electrons. The van der Waals surface area contributed by atoms with Crippen LogP contribution >= 0.6 is 0 Å². The fourth-order valence-electron chi connectivity index (χ4n) is 4.11. The molecular formula is C27H29NO4. The Morgan fingerprint density at radius 1 is 0.875 bits per heavy atom. The van der Waals surface area contributed by atoms with Gasteiger partial charge in [0.25, 0.3) is 0 Å². The average molecular weight is 432 g/mol. The highest BCUT2D eigenvalue weighted by molar-refractivity contribution is 6.13. The molecule has 3 aromatic carbocycles. The van der Waals surface area contributed by atoms with Crippen molar-refractivity contribution >= 4 is 5.78 Å². The number of carbonyl (C=O) groups is 1. The summed E-state index contributed by atoms with van der Waals surface area (Å²) >= 11 is 0. The normalized spacial score (nSPS) is 16.4. The molecule has 3 aromatic rings. The van der Waals surface area contributed by atoms with Crippen molar-refractivity contribution in [3.8, 4) is 28.4 Å². The van der Waals surface area contributed by atoms with Gasteiger partial charge in [0.15, 0.2) is 5.78 Å². The zero-order valence-electron chi connectivity index (χ0n) is 18.8. The molecule has 32 heavy (non-hydrogen) atoms. The van der Waals surface area contributed by atoms with Gasteiger partial charge in [-0.2, -0.15) is 0 Å². The van der Waals surface area contributed by atoms with Crippen molar-refractivity contribution in [1.29, 1.82) is 0 Å². The van der Waals surface area contributed by atoms with Gasteiger partial charge in [-0.1, -0.05) is 12.1 Å². The van der Waals surface area contributed by atoms with Gasteiger partial charge in [-0.05, 0) is 92.2 Å². The number of benzene rings is 3. The zero-order valence-corrected chi connectivity index (χ0v) is 18.8. The maximum atomic E-state index is 13.4. The Kier molecular flexibility index (Phi) is 6.76. The molecule has 0 saturated carbocycles. The Bertz CT molecular complexity index is 1060. The van der Waals surface area contributed by atoms with E-state index in [2.05, 4.69) is 11.9 Å². The Labute approximate surface area is 189 Å². The van der Waals surface area contributed by atoms with Crippen LogP contribution in [0, 0.1) is 0 Å². The number of likely N-dealkylation sites (N-methyl/N-ethyl adjacent to an activating group) is 1. The van der Waals surface area contributed by atoms with E-state index in [-0.39, 0.29) is 11.9 Å². The summed E-state index contributed by atoms with van der Waals surface area (Å²) in [4.78, 5) is 15.7. The Morgan fingerprint density at radius 2 is 1.53 bits per heavy atom. The van der Waals surface area contributed by atoms with E-state index in [4.69, 9.17) is 14.2 Å². The van der Waals surface area contributed by atoms with Crippen LogP contribution in [0.2, 0.25) is 0 Å². The highest BCUT2D eigenvalue weighted by Gasteiger charge is 2.20. The van der Waals surface area contributed by atoms with Crippen LogP contribution in [0.4, 0.5) is 0 Å². The number of piperidine rings is 1. The summed E-state index contributed by atoms with van der Waals surface area (Å²) in [6, 6.07) is 20.7. The van der Waals surface area contributed by atoms with E-state index in [0.29, 0.717) is 16.9 Å². The minimum atomic E-state index is -0.0394. The third-order valence-corrected chi connectivity index (χ3v) is 5.87. The monoisotopic (exact) mass is 431 g/mol. The van der Waals surface area contributed by atoms with Gasteiger partial charge in [-0.3, -0.25) is 4.79 Å². The lowest BCUT2D eigenvalue weighted by Crippen LogP contribution is -2.38. The first-order valence-corrected chi connectivity index (χ1v) is 10.9. The van der Waals surface area contributed by atoms with Crippen molar-refractivity contribution in [1.82, 2.24) is 4.90 Å². The highest BCUT2D eigenvalue weighted by atomic mass is 16.5. The number of carbonyl (C=O) groups excluding carboxylic acids is 1. The maximum Gasteiger partial charge on any atom is 0.193 e. The molecule has 1 saturated heterocycles.